The molecule has 5 nitrogen and oxygen atoms in total. The monoisotopic (exact) mass is 345 g/mol. The lowest BCUT2D eigenvalue weighted by Gasteiger charge is -2.13. The van der Waals surface area contributed by atoms with Crippen LogP contribution >= 0.6 is 11.6 Å². The van der Waals surface area contributed by atoms with Crippen LogP contribution in [0.4, 0.5) is 0 Å². The number of ether oxygens (including phenoxy) is 3. The Morgan fingerprint density at radius 1 is 1.25 bits per heavy atom. The average molecular weight is 346 g/mol. The van der Waals surface area contributed by atoms with Gasteiger partial charge in [-0.25, -0.2) is 4.79 Å². The van der Waals surface area contributed by atoms with E-state index in [1.807, 2.05) is 32.0 Å². The maximum atomic E-state index is 12.0. The first-order valence-electron chi connectivity index (χ1n) is 7.13. The molecule has 0 unspecified atom stereocenters. The summed E-state index contributed by atoms with van der Waals surface area (Å²) in [5, 5.41) is 9.04. The van der Waals surface area contributed by atoms with Crippen LogP contribution in [0.15, 0.2) is 30.3 Å². The van der Waals surface area contributed by atoms with E-state index in [4.69, 9.17) is 31.1 Å². The summed E-state index contributed by atoms with van der Waals surface area (Å²) < 4.78 is 15.8. The van der Waals surface area contributed by atoms with E-state index in [0.29, 0.717) is 11.3 Å². The first-order chi connectivity index (χ1) is 11.5. The fourth-order valence-corrected chi connectivity index (χ4v) is 2.29. The fourth-order valence-electron chi connectivity index (χ4n) is 2.04. The van der Waals surface area contributed by atoms with Crippen LogP contribution in [-0.2, 0) is 4.79 Å². The van der Waals surface area contributed by atoms with E-state index in [-0.39, 0.29) is 23.1 Å². The van der Waals surface area contributed by atoms with Gasteiger partial charge < -0.3 is 14.2 Å². The Labute approximate surface area is 145 Å². The minimum absolute atomic E-state index is 0.0627. The smallest absolute Gasteiger partial charge is 0.349 e. The molecular formula is C18H16ClNO4. The third-order valence-electron chi connectivity index (χ3n) is 3.47. The second kappa shape index (κ2) is 7.71. The summed E-state index contributed by atoms with van der Waals surface area (Å²) >= 11 is 6.05. The number of benzene rings is 2. The van der Waals surface area contributed by atoms with Crippen molar-refractivity contribution in [3.05, 3.63) is 52.0 Å². The van der Waals surface area contributed by atoms with Crippen LogP contribution in [0.5, 0.6) is 17.2 Å². The Morgan fingerprint density at radius 2 is 2.00 bits per heavy atom. The van der Waals surface area contributed by atoms with Crippen LogP contribution in [0.1, 0.15) is 16.7 Å². The van der Waals surface area contributed by atoms with Gasteiger partial charge in [0, 0.05) is 6.07 Å². The van der Waals surface area contributed by atoms with Gasteiger partial charge in [0.25, 0.3) is 0 Å². The standard InChI is InChI=1S/C18H16ClNO4/c1-11-5-4-6-15(12(11)2)23-10-17(21)24-18-14(19)7-13(9-20)8-16(18)22-3/h4-8H,10H2,1-3H3. The van der Waals surface area contributed by atoms with E-state index in [2.05, 4.69) is 0 Å². The number of hydrogen-bond acceptors (Lipinski definition) is 5. The minimum atomic E-state index is -0.624. The van der Waals surface area contributed by atoms with Gasteiger partial charge in [-0.15, -0.1) is 0 Å². The SMILES string of the molecule is COc1cc(C#N)cc(Cl)c1OC(=O)COc1cccc(C)c1C. The van der Waals surface area contributed by atoms with Crippen LogP contribution in [-0.4, -0.2) is 19.7 Å². The van der Waals surface area contributed by atoms with Crippen molar-refractivity contribution < 1.29 is 19.0 Å². The molecule has 6 heteroatoms. The molecule has 0 aliphatic carbocycles. The van der Waals surface area contributed by atoms with Crippen LogP contribution in [0.3, 0.4) is 0 Å². The topological polar surface area (TPSA) is 68.5 Å². The summed E-state index contributed by atoms with van der Waals surface area (Å²) in [6, 6.07) is 10.4. The molecule has 124 valence electrons. The molecule has 0 spiro atoms. The Kier molecular flexibility index (Phi) is 5.67. The number of methoxy groups -OCH3 is 1. The van der Waals surface area contributed by atoms with Gasteiger partial charge in [0.05, 0.1) is 23.8 Å². The second-order valence-corrected chi connectivity index (χ2v) is 5.47. The summed E-state index contributed by atoms with van der Waals surface area (Å²) in [6.45, 7) is 3.60. The normalized spacial score (nSPS) is 9.96. The van der Waals surface area contributed by atoms with E-state index in [1.165, 1.54) is 19.2 Å². The van der Waals surface area contributed by atoms with Crippen molar-refractivity contribution in [1.82, 2.24) is 0 Å². The van der Waals surface area contributed by atoms with Gasteiger partial charge in [0.2, 0.25) is 0 Å². The van der Waals surface area contributed by atoms with Crippen molar-refractivity contribution in [3.8, 4) is 23.3 Å². The minimum Gasteiger partial charge on any atom is -0.493 e. The van der Waals surface area contributed by atoms with E-state index in [1.54, 1.807) is 6.07 Å². The van der Waals surface area contributed by atoms with Crippen molar-refractivity contribution in [1.29, 1.82) is 5.26 Å². The van der Waals surface area contributed by atoms with Gasteiger partial charge >= 0.3 is 5.97 Å². The van der Waals surface area contributed by atoms with Crippen molar-refractivity contribution in [2.24, 2.45) is 0 Å². The molecule has 0 amide bonds. The van der Waals surface area contributed by atoms with Crippen LogP contribution < -0.4 is 14.2 Å². The summed E-state index contributed by atoms with van der Waals surface area (Å²) in [4.78, 5) is 12.0. The van der Waals surface area contributed by atoms with Crippen molar-refractivity contribution in [3.63, 3.8) is 0 Å². The van der Waals surface area contributed by atoms with Gasteiger partial charge in [0.15, 0.2) is 18.1 Å². The molecule has 0 heterocycles. The highest BCUT2D eigenvalue weighted by Gasteiger charge is 2.17. The van der Waals surface area contributed by atoms with Gasteiger partial charge in [-0.3, -0.25) is 0 Å². The van der Waals surface area contributed by atoms with E-state index < -0.39 is 5.97 Å². The summed E-state index contributed by atoms with van der Waals surface area (Å²) in [6.07, 6.45) is 0. The van der Waals surface area contributed by atoms with Gasteiger partial charge in [-0.2, -0.15) is 5.26 Å². The molecule has 0 aromatic heterocycles. The van der Waals surface area contributed by atoms with Crippen LogP contribution in [0.2, 0.25) is 5.02 Å². The zero-order valence-corrected chi connectivity index (χ0v) is 14.3. The lowest BCUT2D eigenvalue weighted by Crippen LogP contribution is -2.18. The Morgan fingerprint density at radius 3 is 2.67 bits per heavy atom. The van der Waals surface area contributed by atoms with E-state index >= 15 is 0 Å². The molecule has 2 rings (SSSR count). The number of nitrogens with zero attached hydrogens (tertiary/aromatic N) is 1. The number of nitriles is 1. The number of carbonyl (C=O) groups excluding carboxylic acids is 1. The first kappa shape index (κ1) is 17.6. The molecule has 0 N–H and O–H groups in total. The quantitative estimate of drug-likeness (QED) is 0.608. The Bertz CT molecular complexity index is 811. The molecular weight excluding hydrogens is 330 g/mol. The molecule has 0 atom stereocenters. The predicted molar refractivity (Wildman–Crippen MR) is 89.8 cm³/mol. The molecule has 0 bridgehead atoms. The molecule has 0 radical (unpaired) electrons. The third-order valence-corrected chi connectivity index (χ3v) is 3.76. The lowest BCUT2D eigenvalue weighted by atomic mass is 10.1. The van der Waals surface area contributed by atoms with Crippen molar-refractivity contribution in [2.45, 2.75) is 13.8 Å². The number of rotatable bonds is 5. The number of halogens is 1. The molecule has 0 aliphatic heterocycles. The molecule has 0 saturated heterocycles. The highest BCUT2D eigenvalue weighted by molar-refractivity contribution is 6.32. The average Bonchev–Trinajstić information content (AvgIpc) is 2.57. The number of esters is 1. The van der Waals surface area contributed by atoms with Crippen molar-refractivity contribution in [2.75, 3.05) is 13.7 Å². The summed E-state index contributed by atoms with van der Waals surface area (Å²) in [5.41, 5.74) is 2.33. The maximum Gasteiger partial charge on any atom is 0.349 e. The molecule has 0 fully saturated rings. The molecule has 2 aromatic carbocycles. The predicted octanol–water partition coefficient (Wildman–Crippen LogP) is 3.82. The second-order valence-electron chi connectivity index (χ2n) is 5.06. The number of aryl methyl sites for hydroxylation is 1. The molecule has 2 aromatic rings. The maximum absolute atomic E-state index is 12.0. The molecule has 0 aliphatic rings. The number of carbonyl (C=O) groups is 1. The highest BCUT2D eigenvalue weighted by atomic mass is 35.5. The Balaban J connectivity index is 2.10. The van der Waals surface area contributed by atoms with Crippen molar-refractivity contribution >= 4 is 17.6 Å². The lowest BCUT2D eigenvalue weighted by molar-refractivity contribution is -0.136. The van der Waals surface area contributed by atoms with Gasteiger partial charge in [-0.05, 0) is 37.1 Å². The van der Waals surface area contributed by atoms with Gasteiger partial charge in [0.1, 0.15) is 5.75 Å². The fraction of sp³-hybridized carbons (Fsp3) is 0.222. The zero-order chi connectivity index (χ0) is 17.7. The third kappa shape index (κ3) is 3.98. The van der Waals surface area contributed by atoms with Gasteiger partial charge in [-0.1, -0.05) is 23.7 Å². The summed E-state index contributed by atoms with van der Waals surface area (Å²) in [5.74, 6) is 0.262. The largest absolute Gasteiger partial charge is 0.493 e. The molecule has 0 saturated carbocycles. The number of hydrogen-bond donors (Lipinski definition) is 0. The Hall–Kier alpha value is -2.71. The van der Waals surface area contributed by atoms with Crippen LogP contribution in [0.25, 0.3) is 0 Å². The molecule has 24 heavy (non-hydrogen) atoms. The summed E-state index contributed by atoms with van der Waals surface area (Å²) in [7, 11) is 1.40. The highest BCUT2D eigenvalue weighted by Crippen LogP contribution is 2.36. The van der Waals surface area contributed by atoms with E-state index in [9.17, 15) is 4.79 Å². The zero-order valence-electron chi connectivity index (χ0n) is 13.6. The first-order valence-corrected chi connectivity index (χ1v) is 7.51. The van der Waals surface area contributed by atoms with E-state index in [0.717, 1.165) is 11.1 Å². The van der Waals surface area contributed by atoms with Crippen LogP contribution in [0, 0.1) is 25.2 Å².